The zero-order chi connectivity index (χ0) is 15.6. The molecule has 9 nitrogen and oxygen atoms in total. The lowest BCUT2D eigenvalue weighted by atomic mass is 10.3. The first-order valence-corrected chi connectivity index (χ1v) is 8.21. The number of hydrogen-bond donors (Lipinski definition) is 1. The van der Waals surface area contributed by atoms with Gasteiger partial charge in [-0.05, 0) is 6.07 Å². The highest BCUT2D eigenvalue weighted by atomic mass is 32.2. The van der Waals surface area contributed by atoms with Gasteiger partial charge in [0, 0.05) is 39.3 Å². The van der Waals surface area contributed by atoms with Gasteiger partial charge in [0.1, 0.15) is 5.82 Å². The van der Waals surface area contributed by atoms with Crippen molar-refractivity contribution in [3.05, 3.63) is 22.2 Å². The van der Waals surface area contributed by atoms with Gasteiger partial charge in [0.05, 0.1) is 11.2 Å². The van der Waals surface area contributed by atoms with Gasteiger partial charge in [0.15, 0.2) is 0 Å². The van der Waals surface area contributed by atoms with Crippen LogP contribution in [0.4, 0.5) is 17.3 Å². The molecule has 0 aromatic carbocycles. The van der Waals surface area contributed by atoms with Gasteiger partial charge in [-0.3, -0.25) is 10.1 Å². The first-order valence-electron chi connectivity index (χ1n) is 6.36. The fraction of sp³-hybridized carbons (Fsp3) is 0.545. The molecule has 0 bridgehead atoms. The molecular weight excluding hydrogens is 298 g/mol. The molecular formula is C11H17N5O4S. The van der Waals surface area contributed by atoms with E-state index in [1.54, 1.807) is 11.9 Å². The molecule has 0 amide bonds. The van der Waals surface area contributed by atoms with Gasteiger partial charge >= 0.3 is 5.69 Å². The molecule has 0 atom stereocenters. The second-order valence-corrected chi connectivity index (χ2v) is 6.68. The normalized spacial score (nSPS) is 16.8. The van der Waals surface area contributed by atoms with Crippen molar-refractivity contribution in [2.24, 2.45) is 0 Å². The van der Waals surface area contributed by atoms with Crippen molar-refractivity contribution < 1.29 is 13.3 Å². The summed E-state index contributed by atoms with van der Waals surface area (Å²) < 4.78 is 24.3. The third-order valence-corrected chi connectivity index (χ3v) is 4.62. The molecule has 21 heavy (non-hydrogen) atoms. The van der Waals surface area contributed by atoms with Crippen molar-refractivity contribution in [2.45, 2.75) is 0 Å². The minimum absolute atomic E-state index is 0.0817. The lowest BCUT2D eigenvalue weighted by Crippen LogP contribution is -2.48. The molecule has 1 aromatic heterocycles. The predicted molar refractivity (Wildman–Crippen MR) is 79.1 cm³/mol. The molecule has 116 valence electrons. The third-order valence-electron chi connectivity index (χ3n) is 3.31. The summed E-state index contributed by atoms with van der Waals surface area (Å²) in [4.78, 5) is 16.6. The van der Waals surface area contributed by atoms with E-state index in [0.717, 1.165) is 6.26 Å². The fourth-order valence-corrected chi connectivity index (χ4v) is 3.01. The molecule has 0 aliphatic carbocycles. The van der Waals surface area contributed by atoms with Crippen LogP contribution in [0.1, 0.15) is 0 Å². The van der Waals surface area contributed by atoms with Crippen molar-refractivity contribution in [1.29, 1.82) is 0 Å². The molecule has 1 aliphatic heterocycles. The first kappa shape index (κ1) is 15.4. The lowest BCUT2D eigenvalue weighted by molar-refractivity contribution is -0.384. The average molecular weight is 315 g/mol. The van der Waals surface area contributed by atoms with E-state index in [1.165, 1.54) is 16.4 Å². The van der Waals surface area contributed by atoms with E-state index < -0.39 is 14.9 Å². The Morgan fingerprint density at radius 1 is 1.29 bits per heavy atom. The Morgan fingerprint density at radius 3 is 2.38 bits per heavy atom. The van der Waals surface area contributed by atoms with Crippen LogP contribution in [-0.4, -0.2) is 62.1 Å². The Hall–Kier alpha value is -1.94. The highest BCUT2D eigenvalue weighted by Gasteiger charge is 2.28. The second-order valence-electron chi connectivity index (χ2n) is 4.70. The summed E-state index contributed by atoms with van der Waals surface area (Å²) in [7, 11) is -1.55. The Balaban J connectivity index is 2.25. The van der Waals surface area contributed by atoms with Crippen molar-refractivity contribution in [1.82, 2.24) is 9.29 Å². The van der Waals surface area contributed by atoms with Crippen molar-refractivity contribution in [3.63, 3.8) is 0 Å². The minimum Gasteiger partial charge on any atom is -0.373 e. The maximum Gasteiger partial charge on any atom is 0.311 e. The van der Waals surface area contributed by atoms with Gasteiger partial charge in [-0.25, -0.2) is 13.4 Å². The number of nitrogens with one attached hydrogen (secondary N) is 1. The summed E-state index contributed by atoms with van der Waals surface area (Å²) in [5.74, 6) is 0.793. The van der Waals surface area contributed by atoms with Crippen LogP contribution in [0.15, 0.2) is 12.1 Å². The van der Waals surface area contributed by atoms with E-state index >= 15 is 0 Å². The molecule has 1 saturated heterocycles. The molecule has 2 rings (SSSR count). The highest BCUT2D eigenvalue weighted by Crippen LogP contribution is 2.28. The largest absolute Gasteiger partial charge is 0.373 e. The van der Waals surface area contributed by atoms with Crippen molar-refractivity contribution in [2.75, 3.05) is 49.7 Å². The van der Waals surface area contributed by atoms with Crippen LogP contribution in [0.25, 0.3) is 0 Å². The molecule has 2 heterocycles. The van der Waals surface area contributed by atoms with Crippen LogP contribution < -0.4 is 10.2 Å². The zero-order valence-electron chi connectivity index (χ0n) is 11.8. The Kier molecular flexibility index (Phi) is 4.28. The summed E-state index contributed by atoms with van der Waals surface area (Å²) >= 11 is 0. The van der Waals surface area contributed by atoms with Gasteiger partial charge in [-0.1, -0.05) is 0 Å². The van der Waals surface area contributed by atoms with E-state index in [1.807, 2.05) is 0 Å². The molecule has 1 fully saturated rings. The molecule has 10 heteroatoms. The first-order chi connectivity index (χ1) is 9.82. The van der Waals surface area contributed by atoms with Gasteiger partial charge < -0.3 is 10.2 Å². The molecule has 1 aromatic rings. The quantitative estimate of drug-likeness (QED) is 0.620. The number of aromatic nitrogens is 1. The average Bonchev–Trinajstić information content (AvgIpc) is 2.45. The number of sulfonamides is 1. The number of pyridine rings is 1. The third kappa shape index (κ3) is 3.39. The number of anilines is 2. The van der Waals surface area contributed by atoms with E-state index in [-0.39, 0.29) is 11.5 Å². The summed E-state index contributed by atoms with van der Waals surface area (Å²) in [6.45, 7) is 1.32. The van der Waals surface area contributed by atoms with E-state index in [0.29, 0.717) is 32.0 Å². The minimum atomic E-state index is -3.23. The monoisotopic (exact) mass is 315 g/mol. The number of rotatable bonds is 4. The van der Waals surface area contributed by atoms with Crippen LogP contribution in [0.2, 0.25) is 0 Å². The number of nitro groups is 1. The van der Waals surface area contributed by atoms with Gasteiger partial charge in [0.25, 0.3) is 0 Å². The van der Waals surface area contributed by atoms with Crippen LogP contribution in [0.5, 0.6) is 0 Å². The van der Waals surface area contributed by atoms with Gasteiger partial charge in [-0.15, -0.1) is 0 Å². The SMILES string of the molecule is CNc1ccc([N+](=O)[O-])c(N2CCN(S(C)(=O)=O)CC2)n1. The van der Waals surface area contributed by atoms with Crippen molar-refractivity contribution in [3.8, 4) is 0 Å². The molecule has 0 saturated carbocycles. The fourth-order valence-electron chi connectivity index (χ4n) is 2.19. The van der Waals surface area contributed by atoms with Crippen molar-refractivity contribution >= 4 is 27.3 Å². The molecule has 1 N–H and O–H groups in total. The van der Waals surface area contributed by atoms with Crippen LogP contribution >= 0.6 is 0 Å². The zero-order valence-corrected chi connectivity index (χ0v) is 12.6. The van der Waals surface area contributed by atoms with E-state index in [2.05, 4.69) is 10.3 Å². The van der Waals surface area contributed by atoms with Gasteiger partial charge in [0.2, 0.25) is 15.8 Å². The second kappa shape index (κ2) is 5.82. The maximum atomic E-state index is 11.5. The topological polar surface area (TPSA) is 109 Å². The molecule has 1 aliphatic rings. The Morgan fingerprint density at radius 2 is 1.90 bits per heavy atom. The van der Waals surface area contributed by atoms with E-state index in [9.17, 15) is 18.5 Å². The summed E-state index contributed by atoms with van der Waals surface area (Å²) in [6.07, 6.45) is 1.16. The van der Waals surface area contributed by atoms with Crippen LogP contribution in [0.3, 0.4) is 0 Å². The molecule has 0 radical (unpaired) electrons. The summed E-state index contributed by atoms with van der Waals surface area (Å²) in [6, 6.07) is 2.94. The Bertz CT molecular complexity index is 640. The number of piperazine rings is 1. The highest BCUT2D eigenvalue weighted by molar-refractivity contribution is 7.88. The molecule has 0 unspecified atom stereocenters. The maximum absolute atomic E-state index is 11.5. The van der Waals surface area contributed by atoms with Crippen LogP contribution in [0, 0.1) is 10.1 Å². The Labute approximate surface area is 122 Å². The van der Waals surface area contributed by atoms with Crippen LogP contribution in [-0.2, 0) is 10.0 Å². The number of hydrogen-bond acceptors (Lipinski definition) is 7. The molecule has 0 spiro atoms. The summed E-state index contributed by atoms with van der Waals surface area (Å²) in [5, 5.41) is 13.9. The standard InChI is InChI=1S/C11H17N5O4S/c1-12-10-4-3-9(16(17)18)11(13-10)14-5-7-15(8-6-14)21(2,19)20/h3-4H,5-8H2,1-2H3,(H,12,13). The predicted octanol–water partition coefficient (Wildman–Crippen LogP) is 0.113. The smallest absolute Gasteiger partial charge is 0.311 e. The van der Waals surface area contributed by atoms with E-state index in [4.69, 9.17) is 0 Å². The summed E-state index contributed by atoms with van der Waals surface area (Å²) in [5.41, 5.74) is -0.0817. The van der Waals surface area contributed by atoms with Gasteiger partial charge in [-0.2, -0.15) is 4.31 Å². The lowest BCUT2D eigenvalue weighted by Gasteiger charge is -2.33. The number of nitrogens with zero attached hydrogens (tertiary/aromatic N) is 4.